The van der Waals surface area contributed by atoms with Gasteiger partial charge < -0.3 is 10.6 Å². The second-order valence-corrected chi connectivity index (χ2v) is 3.62. The van der Waals surface area contributed by atoms with Gasteiger partial charge in [0, 0.05) is 12.7 Å². The van der Waals surface area contributed by atoms with Crippen molar-refractivity contribution >= 4 is 11.6 Å². The fraction of sp³-hybridized carbons (Fsp3) is 0.333. The SMILES string of the molecule is CNC(=O)C(C)Nc1cc(C#N)ccc1C. The topological polar surface area (TPSA) is 64.9 Å². The number of hydrogen-bond donors (Lipinski definition) is 2. The highest BCUT2D eigenvalue weighted by molar-refractivity contribution is 5.84. The molecule has 0 aliphatic rings. The van der Waals surface area contributed by atoms with Gasteiger partial charge in [-0.25, -0.2) is 0 Å². The quantitative estimate of drug-likeness (QED) is 0.804. The second kappa shape index (κ2) is 5.17. The molecule has 0 saturated heterocycles. The van der Waals surface area contributed by atoms with Gasteiger partial charge in [0.05, 0.1) is 11.6 Å². The minimum atomic E-state index is -0.322. The van der Waals surface area contributed by atoms with E-state index in [4.69, 9.17) is 5.26 Å². The van der Waals surface area contributed by atoms with Crippen LogP contribution in [-0.4, -0.2) is 19.0 Å². The summed E-state index contributed by atoms with van der Waals surface area (Å²) in [5.74, 6) is -0.0817. The molecule has 0 spiro atoms. The van der Waals surface area contributed by atoms with E-state index in [0.29, 0.717) is 5.56 Å². The summed E-state index contributed by atoms with van der Waals surface area (Å²) in [6.45, 7) is 3.71. The molecular formula is C12H15N3O. The summed E-state index contributed by atoms with van der Waals surface area (Å²) in [5, 5.41) is 14.4. The van der Waals surface area contributed by atoms with E-state index in [1.54, 1.807) is 26.1 Å². The van der Waals surface area contributed by atoms with Crippen LogP contribution in [0.1, 0.15) is 18.1 Å². The molecule has 1 unspecified atom stereocenters. The zero-order valence-corrected chi connectivity index (χ0v) is 9.66. The minimum absolute atomic E-state index is 0.0817. The van der Waals surface area contributed by atoms with E-state index < -0.39 is 0 Å². The van der Waals surface area contributed by atoms with Crippen LogP contribution in [-0.2, 0) is 4.79 Å². The van der Waals surface area contributed by atoms with Crippen LogP contribution in [0.3, 0.4) is 0 Å². The van der Waals surface area contributed by atoms with Crippen molar-refractivity contribution in [2.75, 3.05) is 12.4 Å². The number of nitrogens with zero attached hydrogens (tertiary/aromatic N) is 1. The Morgan fingerprint density at radius 3 is 2.75 bits per heavy atom. The monoisotopic (exact) mass is 217 g/mol. The summed E-state index contributed by atoms with van der Waals surface area (Å²) in [6.07, 6.45) is 0. The molecule has 0 radical (unpaired) electrons. The predicted octanol–water partition coefficient (Wildman–Crippen LogP) is 1.41. The van der Waals surface area contributed by atoms with Gasteiger partial charge in [0.1, 0.15) is 6.04 Å². The molecule has 4 nitrogen and oxygen atoms in total. The maximum atomic E-state index is 11.3. The number of nitrogens with one attached hydrogen (secondary N) is 2. The Morgan fingerprint density at radius 1 is 1.50 bits per heavy atom. The maximum absolute atomic E-state index is 11.3. The first kappa shape index (κ1) is 12.1. The van der Waals surface area contributed by atoms with Crippen LogP contribution in [0.4, 0.5) is 5.69 Å². The van der Waals surface area contributed by atoms with Crippen LogP contribution in [0.2, 0.25) is 0 Å². The fourth-order valence-corrected chi connectivity index (χ4v) is 1.36. The Morgan fingerprint density at radius 2 is 2.19 bits per heavy atom. The van der Waals surface area contributed by atoms with E-state index in [9.17, 15) is 4.79 Å². The standard InChI is InChI=1S/C12H15N3O/c1-8-4-5-10(7-13)6-11(8)15-9(2)12(16)14-3/h4-6,9,15H,1-3H3,(H,14,16). The number of carbonyl (C=O) groups is 1. The molecule has 1 aromatic rings. The summed E-state index contributed by atoms with van der Waals surface area (Å²) >= 11 is 0. The van der Waals surface area contributed by atoms with Gasteiger partial charge in [-0.1, -0.05) is 6.07 Å². The summed E-state index contributed by atoms with van der Waals surface area (Å²) < 4.78 is 0. The van der Waals surface area contributed by atoms with Crippen LogP contribution in [0.25, 0.3) is 0 Å². The number of likely N-dealkylation sites (N-methyl/N-ethyl adjacent to an activating group) is 1. The van der Waals surface area contributed by atoms with Crippen molar-refractivity contribution in [1.82, 2.24) is 5.32 Å². The molecule has 4 heteroatoms. The maximum Gasteiger partial charge on any atom is 0.241 e. The number of hydrogen-bond acceptors (Lipinski definition) is 3. The van der Waals surface area contributed by atoms with Crippen molar-refractivity contribution < 1.29 is 4.79 Å². The van der Waals surface area contributed by atoms with Gasteiger partial charge in [0.2, 0.25) is 5.91 Å². The number of aryl methyl sites for hydroxylation is 1. The first-order valence-electron chi connectivity index (χ1n) is 5.07. The first-order valence-corrected chi connectivity index (χ1v) is 5.07. The molecule has 2 N–H and O–H groups in total. The Bertz CT molecular complexity index is 434. The Hall–Kier alpha value is -2.02. The molecule has 16 heavy (non-hydrogen) atoms. The molecule has 0 aliphatic carbocycles. The van der Waals surface area contributed by atoms with Crippen molar-refractivity contribution in [3.8, 4) is 6.07 Å². The van der Waals surface area contributed by atoms with Crippen molar-refractivity contribution in [3.05, 3.63) is 29.3 Å². The van der Waals surface area contributed by atoms with Crippen molar-refractivity contribution in [3.63, 3.8) is 0 Å². The first-order chi connectivity index (χ1) is 7.58. The average Bonchev–Trinajstić information content (AvgIpc) is 2.30. The molecule has 84 valence electrons. The number of benzene rings is 1. The van der Waals surface area contributed by atoms with Gasteiger partial charge in [-0.3, -0.25) is 4.79 Å². The Balaban J connectivity index is 2.88. The number of nitriles is 1. The molecule has 0 saturated carbocycles. The predicted molar refractivity (Wildman–Crippen MR) is 63.0 cm³/mol. The Kier molecular flexibility index (Phi) is 3.90. The lowest BCUT2D eigenvalue weighted by atomic mass is 10.1. The summed E-state index contributed by atoms with van der Waals surface area (Å²) in [4.78, 5) is 11.3. The summed E-state index contributed by atoms with van der Waals surface area (Å²) in [7, 11) is 1.60. The highest BCUT2D eigenvalue weighted by Gasteiger charge is 2.11. The third-order valence-corrected chi connectivity index (χ3v) is 2.38. The molecule has 1 atom stereocenters. The van der Waals surface area contributed by atoms with E-state index in [1.807, 2.05) is 13.0 Å². The van der Waals surface area contributed by atoms with Crippen molar-refractivity contribution in [1.29, 1.82) is 5.26 Å². The van der Waals surface area contributed by atoms with Crippen LogP contribution < -0.4 is 10.6 Å². The van der Waals surface area contributed by atoms with Crippen molar-refractivity contribution in [2.45, 2.75) is 19.9 Å². The third-order valence-electron chi connectivity index (χ3n) is 2.38. The zero-order valence-electron chi connectivity index (χ0n) is 9.66. The molecule has 0 heterocycles. The van der Waals surface area contributed by atoms with E-state index in [1.165, 1.54) is 0 Å². The largest absolute Gasteiger partial charge is 0.374 e. The van der Waals surface area contributed by atoms with Crippen LogP contribution in [0.15, 0.2) is 18.2 Å². The zero-order chi connectivity index (χ0) is 12.1. The molecule has 0 aliphatic heterocycles. The summed E-state index contributed by atoms with van der Waals surface area (Å²) in [6, 6.07) is 7.11. The lowest BCUT2D eigenvalue weighted by molar-refractivity contribution is -0.121. The van der Waals surface area contributed by atoms with E-state index in [2.05, 4.69) is 16.7 Å². The lowest BCUT2D eigenvalue weighted by Gasteiger charge is -2.15. The van der Waals surface area contributed by atoms with Gasteiger partial charge >= 0.3 is 0 Å². The van der Waals surface area contributed by atoms with Gasteiger partial charge in [-0.15, -0.1) is 0 Å². The molecule has 0 fully saturated rings. The molecule has 0 bridgehead atoms. The Labute approximate surface area is 95.3 Å². The number of rotatable bonds is 3. The van der Waals surface area contributed by atoms with Crippen LogP contribution in [0.5, 0.6) is 0 Å². The van der Waals surface area contributed by atoms with Crippen LogP contribution >= 0.6 is 0 Å². The highest BCUT2D eigenvalue weighted by Crippen LogP contribution is 2.17. The van der Waals surface area contributed by atoms with Gasteiger partial charge in [-0.2, -0.15) is 5.26 Å². The normalized spacial score (nSPS) is 11.4. The number of anilines is 1. The lowest BCUT2D eigenvalue weighted by Crippen LogP contribution is -2.35. The van der Waals surface area contributed by atoms with Crippen molar-refractivity contribution in [2.24, 2.45) is 0 Å². The molecule has 1 aromatic carbocycles. The van der Waals surface area contributed by atoms with Gasteiger partial charge in [0.25, 0.3) is 0 Å². The van der Waals surface area contributed by atoms with Gasteiger partial charge in [-0.05, 0) is 31.5 Å². The second-order valence-electron chi connectivity index (χ2n) is 3.62. The average molecular weight is 217 g/mol. The fourth-order valence-electron chi connectivity index (χ4n) is 1.36. The van der Waals surface area contributed by atoms with E-state index >= 15 is 0 Å². The highest BCUT2D eigenvalue weighted by atomic mass is 16.2. The smallest absolute Gasteiger partial charge is 0.241 e. The molecule has 1 rings (SSSR count). The number of carbonyl (C=O) groups excluding carboxylic acids is 1. The summed E-state index contributed by atoms with van der Waals surface area (Å²) in [5.41, 5.74) is 2.40. The van der Waals surface area contributed by atoms with Crippen LogP contribution in [0, 0.1) is 18.3 Å². The molecular weight excluding hydrogens is 202 g/mol. The molecule has 0 aromatic heterocycles. The van der Waals surface area contributed by atoms with E-state index in [0.717, 1.165) is 11.3 Å². The molecule has 1 amide bonds. The third kappa shape index (κ3) is 2.74. The minimum Gasteiger partial charge on any atom is -0.374 e. The van der Waals surface area contributed by atoms with E-state index in [-0.39, 0.29) is 11.9 Å². The van der Waals surface area contributed by atoms with Gasteiger partial charge in [0.15, 0.2) is 0 Å². The number of amides is 1.